The summed E-state index contributed by atoms with van der Waals surface area (Å²) in [6.07, 6.45) is 0.313. The number of rotatable bonds is 7. The number of carbonyl (C=O) groups excluding carboxylic acids is 2. The molecule has 1 fully saturated rings. The third-order valence-electron chi connectivity index (χ3n) is 5.45. The van der Waals surface area contributed by atoms with Gasteiger partial charge in [0.1, 0.15) is 6.04 Å². The van der Waals surface area contributed by atoms with E-state index in [4.69, 9.17) is 5.26 Å². The molecule has 174 valence electrons. The summed E-state index contributed by atoms with van der Waals surface area (Å²) < 4.78 is 27.2. The van der Waals surface area contributed by atoms with Crippen LogP contribution in [0.2, 0.25) is 0 Å². The standard InChI is InChI=1S/C24H28N4O4S/c1-18(2)16-22(29)26-23(20-6-4-3-5-7-20)24(30)27-12-14-28(15-13-27)33(31,32)21-10-8-19(17-25)9-11-21/h3-11,18,23H,12-16H2,1-2H3,(H,26,29). The molecule has 0 saturated carbocycles. The predicted octanol–water partition coefficient (Wildman–Crippen LogP) is 2.29. The summed E-state index contributed by atoms with van der Waals surface area (Å²) in [4.78, 5) is 27.5. The normalized spacial score (nSPS) is 15.6. The minimum Gasteiger partial charge on any atom is -0.341 e. The second-order valence-electron chi connectivity index (χ2n) is 8.37. The van der Waals surface area contributed by atoms with Gasteiger partial charge >= 0.3 is 0 Å². The van der Waals surface area contributed by atoms with Crippen LogP contribution in [-0.4, -0.2) is 55.6 Å². The van der Waals surface area contributed by atoms with E-state index in [0.29, 0.717) is 17.5 Å². The molecule has 1 heterocycles. The van der Waals surface area contributed by atoms with Crippen LogP contribution in [0.5, 0.6) is 0 Å². The van der Waals surface area contributed by atoms with Crippen molar-refractivity contribution in [2.75, 3.05) is 26.2 Å². The Labute approximate surface area is 194 Å². The number of nitrogens with one attached hydrogen (secondary N) is 1. The van der Waals surface area contributed by atoms with E-state index in [1.54, 1.807) is 17.0 Å². The van der Waals surface area contributed by atoms with Gasteiger partial charge in [-0.25, -0.2) is 8.42 Å². The molecule has 0 spiro atoms. The van der Waals surface area contributed by atoms with Gasteiger partial charge in [0.2, 0.25) is 21.8 Å². The fourth-order valence-electron chi connectivity index (χ4n) is 3.71. The number of piperazine rings is 1. The van der Waals surface area contributed by atoms with Gasteiger partial charge in [-0.15, -0.1) is 0 Å². The van der Waals surface area contributed by atoms with Crippen LogP contribution >= 0.6 is 0 Å². The minimum absolute atomic E-state index is 0.115. The number of amides is 2. The Morgan fingerprint density at radius 2 is 1.61 bits per heavy atom. The molecule has 0 aliphatic carbocycles. The van der Waals surface area contributed by atoms with Crippen LogP contribution in [0.3, 0.4) is 0 Å². The molecule has 1 aliphatic heterocycles. The SMILES string of the molecule is CC(C)CC(=O)NC(C(=O)N1CCN(S(=O)(=O)c2ccc(C#N)cc2)CC1)c1ccccc1. The number of hydrogen-bond donors (Lipinski definition) is 1. The fourth-order valence-corrected chi connectivity index (χ4v) is 5.13. The lowest BCUT2D eigenvalue weighted by Gasteiger charge is -2.36. The van der Waals surface area contributed by atoms with Gasteiger partial charge in [-0.2, -0.15) is 9.57 Å². The first-order valence-electron chi connectivity index (χ1n) is 10.9. The van der Waals surface area contributed by atoms with Crippen molar-refractivity contribution in [2.24, 2.45) is 5.92 Å². The molecule has 2 amide bonds. The average Bonchev–Trinajstić information content (AvgIpc) is 2.82. The van der Waals surface area contributed by atoms with Crippen LogP contribution in [0.15, 0.2) is 59.5 Å². The van der Waals surface area contributed by atoms with Crippen molar-refractivity contribution in [2.45, 2.75) is 31.2 Å². The summed E-state index contributed by atoms with van der Waals surface area (Å²) in [5.74, 6) is -0.296. The smallest absolute Gasteiger partial charge is 0.249 e. The third-order valence-corrected chi connectivity index (χ3v) is 7.36. The lowest BCUT2D eigenvalue weighted by molar-refractivity contribution is -0.137. The van der Waals surface area contributed by atoms with Crippen LogP contribution in [0.25, 0.3) is 0 Å². The van der Waals surface area contributed by atoms with Crippen LogP contribution < -0.4 is 5.32 Å². The molecule has 33 heavy (non-hydrogen) atoms. The van der Waals surface area contributed by atoms with Gasteiger partial charge in [-0.05, 0) is 35.7 Å². The molecule has 1 N–H and O–H groups in total. The summed E-state index contributed by atoms with van der Waals surface area (Å²) in [5, 5.41) is 11.8. The molecule has 1 saturated heterocycles. The molecule has 2 aromatic rings. The molecule has 0 bridgehead atoms. The number of hydrogen-bond acceptors (Lipinski definition) is 5. The van der Waals surface area contributed by atoms with Crippen molar-refractivity contribution in [1.82, 2.24) is 14.5 Å². The number of sulfonamides is 1. The lowest BCUT2D eigenvalue weighted by Crippen LogP contribution is -2.53. The zero-order chi connectivity index (χ0) is 24.0. The molecule has 1 unspecified atom stereocenters. The largest absolute Gasteiger partial charge is 0.341 e. The molecule has 2 aromatic carbocycles. The van der Waals surface area contributed by atoms with Gasteiger partial charge in [0.05, 0.1) is 16.5 Å². The number of benzene rings is 2. The second-order valence-corrected chi connectivity index (χ2v) is 10.3. The van der Waals surface area contributed by atoms with E-state index in [9.17, 15) is 18.0 Å². The van der Waals surface area contributed by atoms with Crippen LogP contribution in [0.4, 0.5) is 0 Å². The minimum atomic E-state index is -3.72. The van der Waals surface area contributed by atoms with Gasteiger partial charge in [0.15, 0.2) is 0 Å². The highest BCUT2D eigenvalue weighted by Crippen LogP contribution is 2.21. The van der Waals surface area contributed by atoms with Gasteiger partial charge in [0.25, 0.3) is 0 Å². The van der Waals surface area contributed by atoms with Crippen molar-refractivity contribution in [1.29, 1.82) is 5.26 Å². The first-order chi connectivity index (χ1) is 15.7. The fraction of sp³-hybridized carbons (Fsp3) is 0.375. The van der Waals surface area contributed by atoms with Crippen molar-refractivity contribution < 1.29 is 18.0 Å². The van der Waals surface area contributed by atoms with Crippen molar-refractivity contribution >= 4 is 21.8 Å². The van der Waals surface area contributed by atoms with Crippen molar-refractivity contribution in [3.05, 3.63) is 65.7 Å². The number of nitriles is 1. The Kier molecular flexibility index (Phi) is 7.84. The maximum absolute atomic E-state index is 13.3. The van der Waals surface area contributed by atoms with Gasteiger partial charge in [-0.1, -0.05) is 44.2 Å². The second kappa shape index (κ2) is 10.6. The van der Waals surface area contributed by atoms with E-state index in [-0.39, 0.29) is 48.8 Å². The maximum atomic E-state index is 13.3. The summed E-state index contributed by atoms with van der Waals surface area (Å²) in [6, 6.07) is 16.0. The molecule has 1 atom stereocenters. The summed E-state index contributed by atoms with van der Waals surface area (Å²) in [5.41, 5.74) is 1.07. The molecule has 3 rings (SSSR count). The van der Waals surface area contributed by atoms with Crippen LogP contribution in [0, 0.1) is 17.2 Å². The van der Waals surface area contributed by atoms with E-state index in [0.717, 1.165) is 0 Å². The molecular weight excluding hydrogens is 440 g/mol. The van der Waals surface area contributed by atoms with E-state index in [1.165, 1.54) is 28.6 Å². The summed E-state index contributed by atoms with van der Waals surface area (Å²) in [7, 11) is -3.72. The molecule has 1 aliphatic rings. The molecule has 8 nitrogen and oxygen atoms in total. The monoisotopic (exact) mass is 468 g/mol. The quantitative estimate of drug-likeness (QED) is 0.670. The van der Waals surface area contributed by atoms with Gasteiger partial charge < -0.3 is 10.2 Å². The molecular formula is C24H28N4O4S. The van der Waals surface area contributed by atoms with Crippen LogP contribution in [0.1, 0.15) is 37.4 Å². The van der Waals surface area contributed by atoms with Crippen molar-refractivity contribution in [3.63, 3.8) is 0 Å². The topological polar surface area (TPSA) is 111 Å². The van der Waals surface area contributed by atoms with Crippen molar-refractivity contribution in [3.8, 4) is 6.07 Å². The first kappa shape index (κ1) is 24.4. The highest BCUT2D eigenvalue weighted by molar-refractivity contribution is 7.89. The Hall–Kier alpha value is -3.22. The summed E-state index contributed by atoms with van der Waals surface area (Å²) in [6.45, 7) is 4.61. The lowest BCUT2D eigenvalue weighted by atomic mass is 10.0. The predicted molar refractivity (Wildman–Crippen MR) is 123 cm³/mol. The highest BCUT2D eigenvalue weighted by atomic mass is 32.2. The number of nitrogens with zero attached hydrogens (tertiary/aromatic N) is 3. The number of carbonyl (C=O) groups is 2. The van der Waals surface area contributed by atoms with Gasteiger partial charge in [-0.3, -0.25) is 9.59 Å². The Balaban J connectivity index is 1.71. The molecule has 9 heteroatoms. The first-order valence-corrected chi connectivity index (χ1v) is 12.3. The van der Waals surface area contributed by atoms with E-state index in [2.05, 4.69) is 5.32 Å². The van der Waals surface area contributed by atoms with Crippen LogP contribution in [-0.2, 0) is 19.6 Å². The maximum Gasteiger partial charge on any atom is 0.249 e. The average molecular weight is 469 g/mol. The Morgan fingerprint density at radius 3 is 2.15 bits per heavy atom. The zero-order valence-electron chi connectivity index (χ0n) is 18.8. The third kappa shape index (κ3) is 5.97. The summed E-state index contributed by atoms with van der Waals surface area (Å²) >= 11 is 0. The highest BCUT2D eigenvalue weighted by Gasteiger charge is 2.33. The Morgan fingerprint density at radius 1 is 1.00 bits per heavy atom. The molecule has 0 radical (unpaired) electrons. The zero-order valence-corrected chi connectivity index (χ0v) is 19.6. The van der Waals surface area contributed by atoms with E-state index < -0.39 is 16.1 Å². The van der Waals surface area contributed by atoms with Gasteiger partial charge in [0, 0.05) is 32.6 Å². The van der Waals surface area contributed by atoms with E-state index >= 15 is 0 Å². The van der Waals surface area contributed by atoms with E-state index in [1.807, 2.05) is 38.1 Å². The molecule has 0 aromatic heterocycles. The Bertz CT molecular complexity index is 1120.